The Labute approximate surface area is 245 Å². The van der Waals surface area contributed by atoms with Crippen molar-refractivity contribution in [3.8, 4) is 0 Å². The number of nitrogens with one attached hydrogen (secondary N) is 3. The molecule has 41 heavy (non-hydrogen) atoms. The van der Waals surface area contributed by atoms with Crippen molar-refractivity contribution in [3.05, 3.63) is 93.2 Å². The van der Waals surface area contributed by atoms with E-state index in [1.54, 1.807) is 18.2 Å². The molecule has 0 fully saturated rings. The molecule has 0 saturated heterocycles. The van der Waals surface area contributed by atoms with Gasteiger partial charge in [-0.3, -0.25) is 14.1 Å². The van der Waals surface area contributed by atoms with Crippen LogP contribution >= 0.6 is 23.2 Å². The van der Waals surface area contributed by atoms with E-state index in [2.05, 4.69) is 20.9 Å². The number of aromatic nitrogens is 1. The number of sulfonamides is 1. The number of pyridine rings is 1. The lowest BCUT2D eigenvalue weighted by Gasteiger charge is -2.25. The topological polar surface area (TPSA) is 121 Å². The lowest BCUT2D eigenvalue weighted by atomic mass is 10.1. The maximum Gasteiger partial charge on any atom is 0.433 e. The number of carbonyl (C=O) groups excluding carboxylic acids is 2. The minimum Gasteiger partial charge on any atom is -0.348 e. The molecule has 0 aliphatic heterocycles. The standard InChI is InChI=1S/C26H26Cl2F3N5O4S/c1-32-25(38)33-12-3-13-41(39,40)36(16-19-4-2-5-21(27)23(19)28)20-9-7-18(8-10-20)24(37)35-15-17-6-11-22(34-14-17)26(29,30)31/h2,4-11,14H,3,12-13,15-16H2,1H3,(H,35,37)(H2,32,33,38). The highest BCUT2D eigenvalue weighted by Crippen LogP contribution is 2.30. The van der Waals surface area contributed by atoms with E-state index in [0.29, 0.717) is 11.1 Å². The summed E-state index contributed by atoms with van der Waals surface area (Å²) in [4.78, 5) is 27.4. The first-order chi connectivity index (χ1) is 19.3. The summed E-state index contributed by atoms with van der Waals surface area (Å²) in [6, 6.07) is 12.2. The zero-order valence-electron chi connectivity index (χ0n) is 21.6. The van der Waals surface area contributed by atoms with Gasteiger partial charge >= 0.3 is 12.2 Å². The van der Waals surface area contributed by atoms with Crippen LogP contribution < -0.4 is 20.3 Å². The molecule has 0 bridgehead atoms. The highest BCUT2D eigenvalue weighted by Gasteiger charge is 2.32. The maximum atomic E-state index is 13.4. The van der Waals surface area contributed by atoms with Crippen LogP contribution in [-0.2, 0) is 29.3 Å². The molecule has 0 saturated carbocycles. The van der Waals surface area contributed by atoms with E-state index in [9.17, 15) is 31.2 Å². The molecule has 220 valence electrons. The highest BCUT2D eigenvalue weighted by molar-refractivity contribution is 7.92. The Hall–Kier alpha value is -3.55. The zero-order chi connectivity index (χ0) is 30.2. The van der Waals surface area contributed by atoms with Gasteiger partial charge in [-0.05, 0) is 53.9 Å². The SMILES string of the molecule is CNC(=O)NCCCS(=O)(=O)N(Cc1cccc(Cl)c1Cl)c1ccc(C(=O)NCc2ccc(C(F)(F)F)nc2)cc1. The fraction of sp³-hybridized carbons (Fsp3) is 0.269. The Morgan fingerprint density at radius 2 is 1.71 bits per heavy atom. The van der Waals surface area contributed by atoms with E-state index in [1.807, 2.05) is 0 Å². The lowest BCUT2D eigenvalue weighted by molar-refractivity contribution is -0.141. The Balaban J connectivity index is 1.76. The molecule has 9 nitrogen and oxygen atoms in total. The minimum atomic E-state index is -4.56. The van der Waals surface area contributed by atoms with Gasteiger partial charge < -0.3 is 16.0 Å². The third kappa shape index (κ3) is 8.97. The van der Waals surface area contributed by atoms with Crippen molar-refractivity contribution in [1.82, 2.24) is 20.9 Å². The predicted octanol–water partition coefficient (Wildman–Crippen LogP) is 4.99. The molecular formula is C26H26Cl2F3N5O4S. The quantitative estimate of drug-likeness (QED) is 0.257. The summed E-state index contributed by atoms with van der Waals surface area (Å²) < 4.78 is 66.0. The number of nitrogens with zero attached hydrogens (tertiary/aromatic N) is 2. The average molecular weight is 632 g/mol. The molecule has 3 N–H and O–H groups in total. The average Bonchev–Trinajstić information content (AvgIpc) is 2.94. The molecule has 1 heterocycles. The molecule has 15 heteroatoms. The highest BCUT2D eigenvalue weighted by atomic mass is 35.5. The van der Waals surface area contributed by atoms with E-state index >= 15 is 0 Å². The summed E-state index contributed by atoms with van der Waals surface area (Å²) in [5.74, 6) is -0.817. The maximum absolute atomic E-state index is 13.4. The van der Waals surface area contributed by atoms with Gasteiger partial charge in [-0.25, -0.2) is 13.2 Å². The van der Waals surface area contributed by atoms with Crippen LogP contribution in [0.15, 0.2) is 60.8 Å². The van der Waals surface area contributed by atoms with E-state index in [1.165, 1.54) is 37.4 Å². The molecule has 0 aliphatic rings. The second kappa shape index (κ2) is 13.9. The molecule has 0 aliphatic carbocycles. The van der Waals surface area contributed by atoms with Crippen LogP contribution in [0, 0.1) is 0 Å². The summed E-state index contributed by atoms with van der Waals surface area (Å²) in [5.41, 5.74) is 0.234. The van der Waals surface area contributed by atoms with Crippen molar-refractivity contribution in [1.29, 1.82) is 0 Å². The minimum absolute atomic E-state index is 0.0659. The summed E-state index contributed by atoms with van der Waals surface area (Å²) in [7, 11) is -2.49. The number of anilines is 1. The first-order valence-corrected chi connectivity index (χ1v) is 14.5. The molecule has 3 amide bonds. The number of carbonyl (C=O) groups is 2. The zero-order valence-corrected chi connectivity index (χ0v) is 24.0. The smallest absolute Gasteiger partial charge is 0.348 e. The molecule has 3 rings (SSSR count). The Bertz CT molecular complexity index is 1470. The number of hydrogen-bond donors (Lipinski definition) is 3. The number of alkyl halides is 3. The number of urea groups is 1. The van der Waals surface area contributed by atoms with Gasteiger partial charge in [0.05, 0.1) is 28.0 Å². The first-order valence-electron chi connectivity index (χ1n) is 12.1. The molecule has 1 aromatic heterocycles. The number of hydrogen-bond acceptors (Lipinski definition) is 5. The van der Waals surface area contributed by atoms with Crippen LogP contribution in [0.25, 0.3) is 0 Å². The second-order valence-electron chi connectivity index (χ2n) is 8.67. The Kier molecular flexibility index (Phi) is 10.8. The number of amides is 3. The van der Waals surface area contributed by atoms with Gasteiger partial charge in [0, 0.05) is 31.9 Å². The molecule has 0 spiro atoms. The Morgan fingerprint density at radius 3 is 2.32 bits per heavy atom. The van der Waals surface area contributed by atoms with Gasteiger partial charge in [0.2, 0.25) is 10.0 Å². The van der Waals surface area contributed by atoms with Crippen LogP contribution in [0.5, 0.6) is 0 Å². The van der Waals surface area contributed by atoms with Crippen molar-refractivity contribution in [2.75, 3.05) is 23.7 Å². The van der Waals surface area contributed by atoms with Crippen LogP contribution in [0.3, 0.4) is 0 Å². The van der Waals surface area contributed by atoms with E-state index in [0.717, 1.165) is 16.6 Å². The molecule has 0 radical (unpaired) electrons. The van der Waals surface area contributed by atoms with Crippen molar-refractivity contribution < 1.29 is 31.2 Å². The van der Waals surface area contributed by atoms with Gasteiger partial charge in [0.25, 0.3) is 5.91 Å². The first kappa shape index (κ1) is 32.0. The molecule has 0 atom stereocenters. The predicted molar refractivity (Wildman–Crippen MR) is 150 cm³/mol. The summed E-state index contributed by atoms with van der Waals surface area (Å²) in [6.07, 6.45) is -3.40. The van der Waals surface area contributed by atoms with Crippen molar-refractivity contribution in [2.45, 2.75) is 25.7 Å². The largest absolute Gasteiger partial charge is 0.433 e. The van der Waals surface area contributed by atoms with Crippen molar-refractivity contribution >= 4 is 50.9 Å². The monoisotopic (exact) mass is 631 g/mol. The van der Waals surface area contributed by atoms with Crippen LogP contribution in [0.1, 0.15) is 33.6 Å². The normalized spacial score (nSPS) is 11.6. The van der Waals surface area contributed by atoms with Gasteiger partial charge in [-0.1, -0.05) is 41.4 Å². The number of benzene rings is 2. The van der Waals surface area contributed by atoms with Crippen LogP contribution in [0.4, 0.5) is 23.7 Å². The number of rotatable bonds is 11. The molecular weight excluding hydrogens is 606 g/mol. The van der Waals surface area contributed by atoms with Crippen LogP contribution in [-0.4, -0.2) is 44.7 Å². The summed E-state index contributed by atoms with van der Waals surface area (Å²) in [6.45, 7) is -0.0845. The van der Waals surface area contributed by atoms with Crippen molar-refractivity contribution in [3.63, 3.8) is 0 Å². The fourth-order valence-corrected chi connectivity index (χ4v) is 5.48. The van der Waals surface area contributed by atoms with Gasteiger partial charge in [0.15, 0.2) is 0 Å². The lowest BCUT2D eigenvalue weighted by Crippen LogP contribution is -2.36. The van der Waals surface area contributed by atoms with Gasteiger partial charge in [0.1, 0.15) is 5.69 Å². The Morgan fingerprint density at radius 1 is 1.00 bits per heavy atom. The fourth-order valence-electron chi connectivity index (χ4n) is 3.59. The number of halogens is 5. The van der Waals surface area contributed by atoms with Gasteiger partial charge in [-0.15, -0.1) is 0 Å². The molecule has 0 unspecified atom stereocenters. The summed E-state index contributed by atoms with van der Waals surface area (Å²) >= 11 is 12.4. The van der Waals surface area contributed by atoms with E-state index in [-0.39, 0.29) is 53.1 Å². The van der Waals surface area contributed by atoms with Gasteiger partial charge in [-0.2, -0.15) is 13.2 Å². The molecule has 3 aromatic rings. The third-order valence-corrected chi connectivity index (χ3v) is 8.43. The third-order valence-electron chi connectivity index (χ3n) is 5.76. The second-order valence-corrected chi connectivity index (χ2v) is 11.5. The molecule has 2 aromatic carbocycles. The van der Waals surface area contributed by atoms with E-state index < -0.39 is 33.8 Å². The van der Waals surface area contributed by atoms with E-state index in [4.69, 9.17) is 23.2 Å². The van der Waals surface area contributed by atoms with Crippen LogP contribution in [0.2, 0.25) is 10.0 Å². The summed E-state index contributed by atoms with van der Waals surface area (Å²) in [5, 5.41) is 7.96. The van der Waals surface area contributed by atoms with Crippen molar-refractivity contribution in [2.24, 2.45) is 0 Å².